The fraction of sp³-hybridized carbons (Fsp3) is 0.160. The summed E-state index contributed by atoms with van der Waals surface area (Å²) in [4.78, 5) is 15.3. The molecule has 7 heteroatoms. The number of fused-ring (bicyclic) bond motifs is 2. The van der Waals surface area contributed by atoms with Crippen molar-refractivity contribution < 1.29 is 14.3 Å². The fourth-order valence-corrected chi connectivity index (χ4v) is 4.75. The molecule has 0 aliphatic carbocycles. The van der Waals surface area contributed by atoms with Crippen molar-refractivity contribution in [1.29, 1.82) is 0 Å². The second kappa shape index (κ2) is 8.45. The summed E-state index contributed by atoms with van der Waals surface area (Å²) in [6, 6.07) is 14.8. The van der Waals surface area contributed by atoms with Crippen LogP contribution in [0.5, 0.6) is 11.5 Å². The van der Waals surface area contributed by atoms with Gasteiger partial charge in [0.25, 0.3) is 0 Å². The van der Waals surface area contributed by atoms with E-state index in [4.69, 9.17) is 44.3 Å². The van der Waals surface area contributed by atoms with E-state index >= 15 is 0 Å². The lowest BCUT2D eigenvalue weighted by Crippen LogP contribution is -2.32. The minimum atomic E-state index is -0.204. The van der Waals surface area contributed by atoms with E-state index in [2.05, 4.69) is 4.90 Å². The molecule has 0 spiro atoms. The summed E-state index contributed by atoms with van der Waals surface area (Å²) >= 11 is 18.8. The zero-order valence-corrected chi connectivity index (χ0v) is 19.4. The van der Waals surface area contributed by atoms with Gasteiger partial charge in [-0.25, -0.2) is 0 Å². The first-order chi connectivity index (χ1) is 15.4. The number of hydrogen-bond donors (Lipinski definition) is 0. The predicted molar refractivity (Wildman–Crippen MR) is 127 cm³/mol. The number of hydrogen-bond acceptors (Lipinski definition) is 4. The number of halogens is 3. The summed E-state index contributed by atoms with van der Waals surface area (Å²) in [5.41, 5.74) is 3.83. The van der Waals surface area contributed by atoms with Gasteiger partial charge >= 0.3 is 0 Å². The third-order valence-corrected chi connectivity index (χ3v) is 6.66. The average molecular weight is 487 g/mol. The maximum atomic E-state index is 13.1. The molecule has 0 fully saturated rings. The van der Waals surface area contributed by atoms with Crippen molar-refractivity contribution >= 4 is 46.7 Å². The SMILES string of the molecule is Cc1c2c(cc3c1O/C(=C\c1c(Cl)cccc1Cl)C3=O)CN(Cc1ccccc1Cl)CO2. The van der Waals surface area contributed by atoms with Gasteiger partial charge in [-0.1, -0.05) is 59.1 Å². The minimum Gasteiger partial charge on any atom is -0.477 e. The first-order valence-electron chi connectivity index (χ1n) is 10.1. The van der Waals surface area contributed by atoms with Gasteiger partial charge in [0.1, 0.15) is 18.2 Å². The van der Waals surface area contributed by atoms with E-state index in [-0.39, 0.29) is 11.5 Å². The molecule has 0 saturated heterocycles. The molecule has 4 nitrogen and oxygen atoms in total. The molecule has 0 saturated carbocycles. The van der Waals surface area contributed by atoms with Crippen LogP contribution in [0.1, 0.15) is 32.6 Å². The number of Topliss-reactive ketones (excluding diaryl/α,β-unsaturated/α-hetero) is 1. The fourth-order valence-electron chi connectivity index (χ4n) is 4.05. The quantitative estimate of drug-likeness (QED) is 0.377. The summed E-state index contributed by atoms with van der Waals surface area (Å²) in [6.07, 6.45) is 1.59. The van der Waals surface area contributed by atoms with Crippen LogP contribution in [0.15, 0.2) is 54.3 Å². The Hall–Kier alpha value is -2.50. The van der Waals surface area contributed by atoms with Crippen LogP contribution in [0.2, 0.25) is 15.1 Å². The van der Waals surface area contributed by atoms with E-state index in [0.717, 1.165) is 27.5 Å². The molecule has 5 rings (SSSR count). The topological polar surface area (TPSA) is 38.8 Å². The van der Waals surface area contributed by atoms with E-state index in [1.165, 1.54) is 0 Å². The molecule has 0 N–H and O–H groups in total. The number of ether oxygens (including phenoxy) is 2. The van der Waals surface area contributed by atoms with Crippen molar-refractivity contribution in [1.82, 2.24) is 4.90 Å². The molecule has 0 unspecified atom stereocenters. The van der Waals surface area contributed by atoms with Crippen molar-refractivity contribution in [3.63, 3.8) is 0 Å². The molecule has 162 valence electrons. The minimum absolute atomic E-state index is 0.188. The lowest BCUT2D eigenvalue weighted by Gasteiger charge is -2.30. The Morgan fingerprint density at radius 2 is 1.72 bits per heavy atom. The zero-order chi connectivity index (χ0) is 22.4. The molecule has 2 heterocycles. The Bertz CT molecular complexity index is 1270. The van der Waals surface area contributed by atoms with Crippen LogP contribution in [0, 0.1) is 6.92 Å². The van der Waals surface area contributed by atoms with Crippen LogP contribution < -0.4 is 9.47 Å². The molecule has 2 aliphatic rings. The third kappa shape index (κ3) is 3.78. The highest BCUT2D eigenvalue weighted by molar-refractivity contribution is 6.37. The molecule has 0 atom stereocenters. The maximum absolute atomic E-state index is 13.1. The third-order valence-electron chi connectivity index (χ3n) is 5.63. The van der Waals surface area contributed by atoms with Gasteiger partial charge in [-0.3, -0.25) is 9.69 Å². The Morgan fingerprint density at radius 1 is 1.00 bits per heavy atom. The molecular formula is C25H18Cl3NO3. The van der Waals surface area contributed by atoms with Crippen molar-refractivity contribution in [3.8, 4) is 11.5 Å². The molecule has 0 aromatic heterocycles. The average Bonchev–Trinajstić information content (AvgIpc) is 3.08. The van der Waals surface area contributed by atoms with Gasteiger partial charge in [0.2, 0.25) is 5.78 Å². The summed E-state index contributed by atoms with van der Waals surface area (Å²) < 4.78 is 12.0. The Balaban J connectivity index is 1.45. The van der Waals surface area contributed by atoms with E-state index in [0.29, 0.717) is 46.7 Å². The number of benzene rings is 3. The molecule has 0 bridgehead atoms. The molecule has 32 heavy (non-hydrogen) atoms. The number of carbonyl (C=O) groups is 1. The normalized spacial score (nSPS) is 16.5. The van der Waals surface area contributed by atoms with Gasteiger partial charge in [0.05, 0.1) is 5.56 Å². The van der Waals surface area contributed by atoms with Gasteiger partial charge in [0, 0.05) is 44.8 Å². The molecule has 3 aromatic rings. The van der Waals surface area contributed by atoms with Gasteiger partial charge in [-0.15, -0.1) is 0 Å². The van der Waals surface area contributed by atoms with E-state index in [9.17, 15) is 4.79 Å². The van der Waals surface area contributed by atoms with E-state index in [1.807, 2.05) is 37.3 Å². The monoisotopic (exact) mass is 485 g/mol. The number of nitrogens with zero attached hydrogens (tertiary/aromatic N) is 1. The smallest absolute Gasteiger partial charge is 0.231 e. The van der Waals surface area contributed by atoms with Gasteiger partial charge in [-0.05, 0) is 42.8 Å². The Labute approximate surface area is 200 Å². The standard InChI is InChI=1S/C25H18Cl3NO3/c1-14-24-16(12-29(13-31-24)11-15-5-2-3-6-19(15)26)9-18-23(30)22(32-25(14)18)10-17-20(27)7-4-8-21(17)28/h2-10H,11-13H2,1H3/b22-10-. The summed E-state index contributed by atoms with van der Waals surface area (Å²) in [6.45, 7) is 3.61. The predicted octanol–water partition coefficient (Wildman–Crippen LogP) is 6.92. The largest absolute Gasteiger partial charge is 0.477 e. The number of allylic oxidation sites excluding steroid dienone is 1. The first-order valence-corrected chi connectivity index (χ1v) is 11.2. The lowest BCUT2D eigenvalue weighted by molar-refractivity contribution is 0.0877. The summed E-state index contributed by atoms with van der Waals surface area (Å²) in [5, 5.41) is 1.62. The second-order valence-corrected chi connectivity index (χ2v) is 9.02. The molecular weight excluding hydrogens is 469 g/mol. The van der Waals surface area contributed by atoms with Gasteiger partial charge in [0.15, 0.2) is 5.76 Å². The number of ketones is 1. The van der Waals surface area contributed by atoms with Crippen molar-refractivity contribution in [2.45, 2.75) is 20.0 Å². The molecule has 2 aliphatic heterocycles. The molecule has 0 amide bonds. The van der Waals surface area contributed by atoms with Crippen LogP contribution in [0.3, 0.4) is 0 Å². The highest BCUT2D eigenvalue weighted by atomic mass is 35.5. The second-order valence-electron chi connectivity index (χ2n) is 7.79. The van der Waals surface area contributed by atoms with Gasteiger partial charge < -0.3 is 9.47 Å². The maximum Gasteiger partial charge on any atom is 0.231 e. The van der Waals surface area contributed by atoms with Crippen molar-refractivity contribution in [2.24, 2.45) is 0 Å². The van der Waals surface area contributed by atoms with Crippen LogP contribution in [-0.4, -0.2) is 17.4 Å². The number of carbonyl (C=O) groups excluding carboxylic acids is 1. The zero-order valence-electron chi connectivity index (χ0n) is 17.1. The molecule has 3 aromatic carbocycles. The summed E-state index contributed by atoms with van der Waals surface area (Å²) in [7, 11) is 0. The molecule has 0 radical (unpaired) electrons. The van der Waals surface area contributed by atoms with Crippen LogP contribution >= 0.6 is 34.8 Å². The van der Waals surface area contributed by atoms with Crippen LogP contribution in [0.25, 0.3) is 6.08 Å². The van der Waals surface area contributed by atoms with Crippen LogP contribution in [0.4, 0.5) is 0 Å². The van der Waals surface area contributed by atoms with Crippen LogP contribution in [-0.2, 0) is 13.1 Å². The Morgan fingerprint density at radius 3 is 2.47 bits per heavy atom. The van der Waals surface area contributed by atoms with E-state index < -0.39 is 0 Å². The lowest BCUT2D eigenvalue weighted by atomic mass is 10.00. The highest BCUT2D eigenvalue weighted by Crippen LogP contribution is 2.44. The van der Waals surface area contributed by atoms with E-state index in [1.54, 1.807) is 24.3 Å². The summed E-state index contributed by atoms with van der Waals surface area (Å²) in [5.74, 6) is 1.25. The number of rotatable bonds is 3. The van der Waals surface area contributed by atoms with Crippen molar-refractivity contribution in [3.05, 3.63) is 97.2 Å². The highest BCUT2D eigenvalue weighted by Gasteiger charge is 2.34. The first kappa shape index (κ1) is 21.4. The van der Waals surface area contributed by atoms with Crippen molar-refractivity contribution in [2.75, 3.05) is 6.73 Å². The van der Waals surface area contributed by atoms with Gasteiger partial charge in [-0.2, -0.15) is 0 Å². The Kier molecular flexibility index (Phi) is 5.64.